The van der Waals surface area contributed by atoms with E-state index in [9.17, 15) is 9.59 Å². The second-order valence-electron chi connectivity index (χ2n) is 3.00. The number of carbonyl (C=O) groups excluding carboxylic acids is 2. The Kier molecular flexibility index (Phi) is 4.71. The van der Waals surface area contributed by atoms with Crippen LogP contribution in [0.2, 0.25) is 0 Å². The number of aromatic nitrogens is 1. The monoisotopic (exact) mass is 338 g/mol. The predicted octanol–water partition coefficient (Wildman–Crippen LogP) is 0.689. The van der Waals surface area contributed by atoms with Crippen molar-refractivity contribution in [1.82, 2.24) is 10.5 Å². The number of methoxy groups -OCH3 is 1. The van der Waals surface area contributed by atoms with Gasteiger partial charge in [-0.2, -0.15) is 0 Å². The van der Waals surface area contributed by atoms with Gasteiger partial charge in [-0.1, -0.05) is 27.7 Å². The van der Waals surface area contributed by atoms with E-state index in [1.807, 2.05) is 22.6 Å². The van der Waals surface area contributed by atoms with Gasteiger partial charge in [-0.05, 0) is 6.92 Å². The lowest BCUT2D eigenvalue weighted by Gasteiger charge is -2.08. The first kappa shape index (κ1) is 12.9. The molecule has 1 aromatic rings. The molecule has 6 nitrogen and oxygen atoms in total. The number of esters is 1. The number of aryl methyl sites for hydroxylation is 1. The summed E-state index contributed by atoms with van der Waals surface area (Å²) in [5, 5.41) is 6.09. The summed E-state index contributed by atoms with van der Waals surface area (Å²) < 4.78 is 8.88. The Hall–Kier alpha value is -1.12. The Morgan fingerprint density at radius 2 is 2.38 bits per heavy atom. The zero-order valence-corrected chi connectivity index (χ0v) is 11.0. The van der Waals surface area contributed by atoms with Gasteiger partial charge < -0.3 is 14.6 Å². The van der Waals surface area contributed by atoms with Crippen LogP contribution in [0.4, 0.5) is 0 Å². The summed E-state index contributed by atoms with van der Waals surface area (Å²) in [5.74, 6) is -0.243. The fraction of sp³-hybridized carbons (Fsp3) is 0.444. The van der Waals surface area contributed by atoms with Crippen molar-refractivity contribution in [2.75, 3.05) is 13.7 Å². The van der Waals surface area contributed by atoms with Gasteiger partial charge in [0.05, 0.1) is 13.3 Å². The average molecular weight is 338 g/mol. The Morgan fingerprint density at radius 1 is 1.69 bits per heavy atom. The molecule has 0 aromatic carbocycles. The second kappa shape index (κ2) is 5.83. The van der Waals surface area contributed by atoms with Crippen LogP contribution in [0, 0.1) is 6.92 Å². The normalized spacial score (nSPS) is 11.9. The number of halogens is 1. The van der Waals surface area contributed by atoms with Crippen molar-refractivity contribution in [3.63, 3.8) is 0 Å². The van der Waals surface area contributed by atoms with Crippen molar-refractivity contribution in [3.8, 4) is 0 Å². The standard InChI is InChI=1S/C9H11IN2O4/c1-5-6(3-12-16-5)8(13)11-4-7(10)9(14)15-2/h3,7H,4H2,1-2H3,(H,11,13). The van der Waals surface area contributed by atoms with Crippen molar-refractivity contribution in [3.05, 3.63) is 17.5 Å². The van der Waals surface area contributed by atoms with Crippen LogP contribution >= 0.6 is 22.6 Å². The summed E-state index contributed by atoms with van der Waals surface area (Å²) in [7, 11) is 1.31. The van der Waals surface area contributed by atoms with Gasteiger partial charge in [-0.15, -0.1) is 0 Å². The minimum absolute atomic E-state index is 0.205. The quantitative estimate of drug-likeness (QED) is 0.496. The maximum absolute atomic E-state index is 11.6. The molecule has 0 fully saturated rings. The predicted molar refractivity (Wildman–Crippen MR) is 63.4 cm³/mol. The number of nitrogens with one attached hydrogen (secondary N) is 1. The summed E-state index contributed by atoms with van der Waals surface area (Å²) in [6.07, 6.45) is 1.34. The van der Waals surface area contributed by atoms with Crippen LogP contribution < -0.4 is 5.32 Å². The van der Waals surface area contributed by atoms with Crippen molar-refractivity contribution in [1.29, 1.82) is 0 Å². The lowest BCUT2D eigenvalue weighted by molar-refractivity contribution is -0.139. The van der Waals surface area contributed by atoms with Crippen molar-refractivity contribution in [2.24, 2.45) is 0 Å². The van der Waals surface area contributed by atoms with E-state index in [1.54, 1.807) is 6.92 Å². The van der Waals surface area contributed by atoms with Crippen LogP contribution in [0.25, 0.3) is 0 Å². The third-order valence-corrected chi connectivity index (χ3v) is 2.84. The number of ether oxygens (including phenoxy) is 1. The maximum Gasteiger partial charge on any atom is 0.320 e. The molecule has 0 saturated heterocycles. The van der Waals surface area contributed by atoms with Crippen LogP contribution in [0.15, 0.2) is 10.7 Å². The van der Waals surface area contributed by atoms with Gasteiger partial charge in [0, 0.05) is 6.54 Å². The fourth-order valence-corrected chi connectivity index (χ4v) is 1.48. The number of amides is 1. The minimum atomic E-state index is -0.410. The third kappa shape index (κ3) is 3.19. The van der Waals surface area contributed by atoms with E-state index < -0.39 is 3.92 Å². The molecule has 0 spiro atoms. The first-order valence-electron chi connectivity index (χ1n) is 4.47. The number of carbonyl (C=O) groups is 2. The molecule has 1 aromatic heterocycles. The smallest absolute Gasteiger partial charge is 0.320 e. The second-order valence-corrected chi connectivity index (χ2v) is 4.50. The highest BCUT2D eigenvalue weighted by atomic mass is 127. The van der Waals surface area contributed by atoms with Crippen molar-refractivity contribution in [2.45, 2.75) is 10.8 Å². The van der Waals surface area contributed by atoms with E-state index in [4.69, 9.17) is 4.52 Å². The molecule has 1 rings (SSSR count). The Balaban J connectivity index is 2.48. The van der Waals surface area contributed by atoms with E-state index in [-0.39, 0.29) is 18.4 Å². The lowest BCUT2D eigenvalue weighted by Crippen LogP contribution is -2.33. The average Bonchev–Trinajstić information content (AvgIpc) is 2.70. The molecule has 0 aliphatic rings. The third-order valence-electron chi connectivity index (χ3n) is 1.89. The van der Waals surface area contributed by atoms with Gasteiger partial charge in [0.15, 0.2) is 0 Å². The van der Waals surface area contributed by atoms with Gasteiger partial charge in [-0.3, -0.25) is 9.59 Å². The Labute approximate surface area is 106 Å². The van der Waals surface area contributed by atoms with E-state index in [1.165, 1.54) is 13.3 Å². The highest BCUT2D eigenvalue weighted by molar-refractivity contribution is 14.1. The van der Waals surface area contributed by atoms with Gasteiger partial charge in [0.2, 0.25) is 0 Å². The lowest BCUT2D eigenvalue weighted by atomic mass is 10.2. The van der Waals surface area contributed by atoms with E-state index in [2.05, 4.69) is 15.2 Å². The molecule has 1 N–H and O–H groups in total. The van der Waals surface area contributed by atoms with E-state index >= 15 is 0 Å². The summed E-state index contributed by atoms with van der Waals surface area (Å²) in [6.45, 7) is 1.85. The Bertz CT molecular complexity index is 391. The first-order valence-corrected chi connectivity index (χ1v) is 5.72. The van der Waals surface area contributed by atoms with Gasteiger partial charge >= 0.3 is 5.97 Å². The molecule has 1 heterocycles. The molecule has 1 atom stereocenters. The summed E-state index contributed by atoms with van der Waals surface area (Å²) in [6, 6.07) is 0. The Morgan fingerprint density at radius 3 is 2.88 bits per heavy atom. The molecule has 16 heavy (non-hydrogen) atoms. The van der Waals surface area contributed by atoms with Gasteiger partial charge in [0.1, 0.15) is 15.2 Å². The summed E-state index contributed by atoms with van der Waals surface area (Å²) in [5.41, 5.74) is 0.369. The van der Waals surface area contributed by atoms with E-state index in [0.717, 1.165) is 0 Å². The van der Waals surface area contributed by atoms with Gasteiger partial charge in [-0.25, -0.2) is 0 Å². The van der Waals surface area contributed by atoms with Crippen LogP contribution in [-0.2, 0) is 9.53 Å². The topological polar surface area (TPSA) is 81.4 Å². The van der Waals surface area contributed by atoms with Crippen LogP contribution in [0.1, 0.15) is 16.1 Å². The minimum Gasteiger partial charge on any atom is -0.468 e. The highest BCUT2D eigenvalue weighted by Gasteiger charge is 2.18. The zero-order chi connectivity index (χ0) is 12.1. The van der Waals surface area contributed by atoms with Crippen LogP contribution in [0.5, 0.6) is 0 Å². The molecular weight excluding hydrogens is 327 g/mol. The highest BCUT2D eigenvalue weighted by Crippen LogP contribution is 2.06. The number of alkyl halides is 1. The fourth-order valence-electron chi connectivity index (χ4n) is 1.01. The molecule has 1 unspecified atom stereocenters. The molecule has 7 heteroatoms. The first-order chi connectivity index (χ1) is 7.56. The molecule has 0 aliphatic carbocycles. The molecule has 0 aliphatic heterocycles. The number of nitrogens with zero attached hydrogens (tertiary/aromatic N) is 1. The van der Waals surface area contributed by atoms with Gasteiger partial charge in [0.25, 0.3) is 5.91 Å². The molecule has 0 bridgehead atoms. The number of rotatable bonds is 4. The molecule has 88 valence electrons. The van der Waals surface area contributed by atoms with E-state index in [0.29, 0.717) is 11.3 Å². The summed E-state index contributed by atoms with van der Waals surface area (Å²) in [4.78, 5) is 22.6. The largest absolute Gasteiger partial charge is 0.468 e. The molecule has 0 radical (unpaired) electrons. The number of hydrogen-bond acceptors (Lipinski definition) is 5. The molecule has 0 saturated carbocycles. The zero-order valence-electron chi connectivity index (χ0n) is 8.82. The SMILES string of the molecule is COC(=O)C(I)CNC(=O)c1cnoc1C. The molecule has 1 amide bonds. The summed E-state index contributed by atoms with van der Waals surface area (Å²) >= 11 is 1.90. The van der Waals surface area contributed by atoms with Crippen LogP contribution in [-0.4, -0.2) is 34.6 Å². The van der Waals surface area contributed by atoms with Crippen molar-refractivity contribution < 1.29 is 18.8 Å². The van der Waals surface area contributed by atoms with Crippen molar-refractivity contribution >= 4 is 34.5 Å². The van der Waals surface area contributed by atoms with Crippen LogP contribution in [0.3, 0.4) is 0 Å². The maximum atomic E-state index is 11.6. The molecular formula is C9H11IN2O4. The number of hydrogen-bond donors (Lipinski definition) is 1.